The Balaban J connectivity index is 4.78. The van der Waals surface area contributed by atoms with E-state index < -0.39 is 14.6 Å². The third-order valence-corrected chi connectivity index (χ3v) is 17.3. The van der Waals surface area contributed by atoms with Gasteiger partial charge in [-0.05, 0) is 0 Å². The molecule has 0 aromatic rings. The zero-order valence-electron chi connectivity index (χ0n) is 17.7. The Morgan fingerprint density at radius 1 is 0.583 bits per heavy atom. The van der Waals surface area contributed by atoms with E-state index in [1.807, 2.05) is 0 Å². The molecule has 0 N–H and O–H groups in total. The predicted octanol–water partition coefficient (Wildman–Crippen LogP) is 8.46. The van der Waals surface area contributed by atoms with Crippen molar-refractivity contribution < 1.29 is 0 Å². The quantitative estimate of drug-likeness (QED) is 0.100. The zero-order chi connectivity index (χ0) is 18.3. The van der Waals surface area contributed by atoms with Gasteiger partial charge in [-0.2, -0.15) is 0 Å². The Labute approximate surface area is 161 Å². The van der Waals surface area contributed by atoms with Crippen LogP contribution in [0.4, 0.5) is 0 Å². The standard InChI is InChI=1S/C21H48ClPSi/c1-6-9-12-15-18-23(21-24(4,5)22,19-16-13-10-7-2)20-17-14-11-8-3/h23H,6-21H2,1-5H3. The fourth-order valence-electron chi connectivity index (χ4n) is 4.31. The average Bonchev–Trinajstić information content (AvgIpc) is 2.51. The molecule has 0 aliphatic heterocycles. The van der Waals surface area contributed by atoms with Gasteiger partial charge in [0.1, 0.15) is 0 Å². The van der Waals surface area contributed by atoms with Gasteiger partial charge in [-0.3, -0.25) is 0 Å². The molecule has 0 heterocycles. The topological polar surface area (TPSA) is 0 Å². The van der Waals surface area contributed by atoms with Crippen molar-refractivity contribution in [2.75, 3.05) is 24.3 Å². The molecule has 148 valence electrons. The van der Waals surface area contributed by atoms with Crippen LogP contribution in [0.3, 0.4) is 0 Å². The van der Waals surface area contributed by atoms with Crippen molar-refractivity contribution in [2.45, 2.75) is 111 Å². The Kier molecular flexibility index (Phi) is 15.6. The summed E-state index contributed by atoms with van der Waals surface area (Å²) in [6.45, 7) is 11.8. The van der Waals surface area contributed by atoms with Gasteiger partial charge < -0.3 is 0 Å². The molecule has 0 fully saturated rings. The maximum atomic E-state index is 6.91. The van der Waals surface area contributed by atoms with Crippen LogP contribution in [0.2, 0.25) is 13.1 Å². The first-order valence-electron chi connectivity index (χ1n) is 11.1. The second-order valence-corrected chi connectivity index (χ2v) is 21.2. The molecule has 0 rings (SSSR count). The predicted molar refractivity (Wildman–Crippen MR) is 124 cm³/mol. The zero-order valence-corrected chi connectivity index (χ0v) is 20.4. The molecule has 0 aromatic heterocycles. The molecule has 0 aromatic carbocycles. The molecule has 0 saturated carbocycles. The van der Waals surface area contributed by atoms with E-state index in [9.17, 15) is 0 Å². The van der Waals surface area contributed by atoms with Gasteiger partial charge in [0.2, 0.25) is 0 Å². The van der Waals surface area contributed by atoms with E-state index in [0.29, 0.717) is 0 Å². The molecule has 0 aliphatic rings. The SMILES string of the molecule is CCCCCC[PH](CCCCCC)(CCCCCC)C[Si](C)(C)Cl. The Morgan fingerprint density at radius 3 is 1.17 bits per heavy atom. The number of hydrogen-bond acceptors (Lipinski definition) is 0. The van der Waals surface area contributed by atoms with Crippen molar-refractivity contribution in [1.29, 1.82) is 0 Å². The van der Waals surface area contributed by atoms with Crippen LogP contribution in [0.5, 0.6) is 0 Å². The van der Waals surface area contributed by atoms with Gasteiger partial charge >= 0.3 is 161 Å². The monoisotopic (exact) mass is 394 g/mol. The Hall–Kier alpha value is 0.937. The van der Waals surface area contributed by atoms with Crippen molar-refractivity contribution in [3.63, 3.8) is 0 Å². The first kappa shape index (κ1) is 24.9. The summed E-state index contributed by atoms with van der Waals surface area (Å²) in [5, 5.41) is 0. The Morgan fingerprint density at radius 2 is 0.917 bits per heavy atom. The molecule has 0 unspecified atom stereocenters. The molecular weight excluding hydrogens is 347 g/mol. The van der Waals surface area contributed by atoms with Crippen LogP contribution in [0.15, 0.2) is 0 Å². The van der Waals surface area contributed by atoms with E-state index in [1.54, 1.807) is 18.5 Å². The summed E-state index contributed by atoms with van der Waals surface area (Å²) < 4.78 is 0. The van der Waals surface area contributed by atoms with E-state index >= 15 is 0 Å². The summed E-state index contributed by atoms with van der Waals surface area (Å²) in [5.74, 6) is 1.48. The van der Waals surface area contributed by atoms with E-state index in [2.05, 4.69) is 33.9 Å². The van der Waals surface area contributed by atoms with Gasteiger partial charge in [0.25, 0.3) is 0 Å². The average molecular weight is 395 g/mol. The third kappa shape index (κ3) is 14.1. The maximum absolute atomic E-state index is 6.91. The normalized spacial score (nSPS) is 13.4. The third-order valence-electron chi connectivity index (χ3n) is 5.48. The second-order valence-electron chi connectivity index (χ2n) is 8.83. The van der Waals surface area contributed by atoms with Crippen molar-refractivity contribution in [3.8, 4) is 0 Å². The van der Waals surface area contributed by atoms with Crippen molar-refractivity contribution in [1.82, 2.24) is 0 Å². The molecule has 0 radical (unpaired) electrons. The van der Waals surface area contributed by atoms with Gasteiger partial charge in [-0.25, -0.2) is 0 Å². The van der Waals surface area contributed by atoms with Crippen LogP contribution >= 0.6 is 18.3 Å². The summed E-state index contributed by atoms with van der Waals surface area (Å²) in [6, 6.07) is 0. The number of halogens is 1. The van der Waals surface area contributed by atoms with Gasteiger partial charge in [0.05, 0.1) is 0 Å². The molecule has 0 spiro atoms. The number of hydrogen-bond donors (Lipinski definition) is 0. The van der Waals surface area contributed by atoms with Gasteiger partial charge in [-0.15, -0.1) is 0 Å². The minimum absolute atomic E-state index is 1.15. The molecule has 0 amide bonds. The van der Waals surface area contributed by atoms with E-state index in [1.165, 1.54) is 82.8 Å². The molecule has 0 bridgehead atoms. The molecular formula is C21H48ClPSi. The Bertz CT molecular complexity index is 244. The summed E-state index contributed by atoms with van der Waals surface area (Å²) in [6.07, 6.45) is 21.9. The van der Waals surface area contributed by atoms with Crippen LogP contribution in [0, 0.1) is 0 Å². The van der Waals surface area contributed by atoms with E-state index in [-0.39, 0.29) is 0 Å². The first-order chi connectivity index (χ1) is 11.4. The molecule has 24 heavy (non-hydrogen) atoms. The fourth-order valence-corrected chi connectivity index (χ4v) is 19.9. The van der Waals surface area contributed by atoms with E-state index in [0.717, 1.165) is 0 Å². The van der Waals surface area contributed by atoms with Crippen molar-refractivity contribution in [2.24, 2.45) is 0 Å². The van der Waals surface area contributed by atoms with Crippen LogP contribution in [0.1, 0.15) is 97.8 Å². The van der Waals surface area contributed by atoms with Crippen LogP contribution < -0.4 is 0 Å². The van der Waals surface area contributed by atoms with Crippen LogP contribution in [-0.2, 0) is 0 Å². The number of unbranched alkanes of at least 4 members (excludes halogenated alkanes) is 9. The number of rotatable bonds is 17. The first-order valence-corrected chi connectivity index (χ1v) is 18.1. The summed E-state index contributed by atoms with van der Waals surface area (Å²) >= 11 is 6.91. The molecule has 0 saturated heterocycles. The molecule has 0 atom stereocenters. The van der Waals surface area contributed by atoms with Crippen LogP contribution in [0.25, 0.3) is 0 Å². The molecule has 0 aliphatic carbocycles. The molecule has 3 heteroatoms. The van der Waals surface area contributed by atoms with Crippen LogP contribution in [-0.4, -0.2) is 31.7 Å². The summed E-state index contributed by atoms with van der Waals surface area (Å²) in [5.41, 5.74) is 0. The van der Waals surface area contributed by atoms with Gasteiger partial charge in [0.15, 0.2) is 0 Å². The minimum atomic E-state index is -1.46. The second kappa shape index (κ2) is 15.0. The van der Waals surface area contributed by atoms with Crippen molar-refractivity contribution in [3.05, 3.63) is 0 Å². The van der Waals surface area contributed by atoms with Crippen molar-refractivity contribution >= 4 is 25.7 Å². The van der Waals surface area contributed by atoms with E-state index in [4.69, 9.17) is 11.1 Å². The fraction of sp³-hybridized carbons (Fsp3) is 1.00. The van der Waals surface area contributed by atoms with Gasteiger partial charge in [0, 0.05) is 0 Å². The molecule has 0 nitrogen and oxygen atoms in total. The summed E-state index contributed by atoms with van der Waals surface area (Å²) in [7, 11) is -2.62. The summed E-state index contributed by atoms with van der Waals surface area (Å²) in [4.78, 5) is 0. The van der Waals surface area contributed by atoms with Gasteiger partial charge in [-0.1, -0.05) is 0 Å².